The van der Waals surface area contributed by atoms with Gasteiger partial charge in [-0.15, -0.1) is 0 Å². The number of hydrogen-bond acceptors (Lipinski definition) is 4. The molecule has 2 aromatic carbocycles. The van der Waals surface area contributed by atoms with Crippen molar-refractivity contribution < 1.29 is 19.5 Å². The van der Waals surface area contributed by atoms with E-state index >= 15 is 0 Å². The summed E-state index contributed by atoms with van der Waals surface area (Å²) in [4.78, 5) is 26.4. The van der Waals surface area contributed by atoms with Gasteiger partial charge in [-0.25, -0.2) is 5.48 Å². The highest BCUT2D eigenvalue weighted by molar-refractivity contribution is 5.93. The molecule has 0 radical (unpaired) electrons. The third-order valence-corrected chi connectivity index (χ3v) is 5.51. The number of carbonyl (C=O) groups excluding carboxylic acids is 2. The molecule has 2 aromatic rings. The van der Waals surface area contributed by atoms with Crippen LogP contribution in [0.15, 0.2) is 54.6 Å². The Labute approximate surface area is 165 Å². The number of amides is 2. The van der Waals surface area contributed by atoms with Crippen molar-refractivity contribution in [3.05, 3.63) is 65.7 Å². The molecule has 2 unspecified atom stereocenters. The Morgan fingerprint density at radius 1 is 1.21 bits per heavy atom. The van der Waals surface area contributed by atoms with Crippen LogP contribution in [0.2, 0.25) is 0 Å². The number of piperidine rings is 1. The normalized spacial score (nSPS) is 20.5. The minimum atomic E-state index is -0.717. The lowest BCUT2D eigenvalue weighted by atomic mass is 9.74. The second-order valence-corrected chi connectivity index (χ2v) is 7.38. The number of nitrogens with zero attached hydrogens (tertiary/aromatic N) is 1. The molecule has 28 heavy (non-hydrogen) atoms. The van der Waals surface area contributed by atoms with E-state index in [1.54, 1.807) is 12.4 Å². The average molecular weight is 382 g/mol. The molecule has 6 nitrogen and oxygen atoms in total. The van der Waals surface area contributed by atoms with E-state index in [4.69, 9.17) is 9.94 Å². The van der Waals surface area contributed by atoms with E-state index in [1.807, 2.05) is 61.5 Å². The summed E-state index contributed by atoms with van der Waals surface area (Å²) >= 11 is 0. The van der Waals surface area contributed by atoms with Crippen molar-refractivity contribution in [2.24, 2.45) is 0 Å². The van der Waals surface area contributed by atoms with Gasteiger partial charge in [0.25, 0.3) is 5.91 Å². The number of nitrogens with one attached hydrogen (secondary N) is 1. The van der Waals surface area contributed by atoms with Gasteiger partial charge in [-0.1, -0.05) is 42.5 Å². The molecule has 1 fully saturated rings. The summed E-state index contributed by atoms with van der Waals surface area (Å²) in [5, 5.41) is 8.88. The molecule has 6 heteroatoms. The van der Waals surface area contributed by atoms with Crippen LogP contribution in [0.4, 0.5) is 0 Å². The lowest BCUT2D eigenvalue weighted by molar-refractivity contribution is -0.149. The summed E-state index contributed by atoms with van der Waals surface area (Å²) in [7, 11) is 0. The largest absolute Gasteiger partial charge is 0.489 e. The molecule has 1 aliphatic heterocycles. The first-order valence-electron chi connectivity index (χ1n) is 9.48. The van der Waals surface area contributed by atoms with E-state index in [9.17, 15) is 9.59 Å². The van der Waals surface area contributed by atoms with Crippen LogP contribution in [-0.2, 0) is 21.6 Å². The summed E-state index contributed by atoms with van der Waals surface area (Å²) in [6.07, 6.45) is 1.50. The molecule has 2 atom stereocenters. The number of hydroxylamine groups is 1. The van der Waals surface area contributed by atoms with Gasteiger partial charge in [0, 0.05) is 6.54 Å². The van der Waals surface area contributed by atoms with Gasteiger partial charge in [0.05, 0.1) is 5.41 Å². The zero-order valence-corrected chi connectivity index (χ0v) is 16.2. The topological polar surface area (TPSA) is 78.9 Å². The summed E-state index contributed by atoms with van der Waals surface area (Å²) < 4.78 is 5.82. The van der Waals surface area contributed by atoms with Gasteiger partial charge in [-0.3, -0.25) is 14.8 Å². The second-order valence-electron chi connectivity index (χ2n) is 7.38. The number of carbonyl (C=O) groups is 2. The summed E-state index contributed by atoms with van der Waals surface area (Å²) in [5.74, 6) is 0.0550. The number of hydrogen-bond donors (Lipinski definition) is 2. The number of likely N-dealkylation sites (tertiary alicyclic amines) is 1. The smallest absolute Gasteiger partial charge is 0.265 e. The fraction of sp³-hybridized carbons (Fsp3) is 0.364. The van der Waals surface area contributed by atoms with Gasteiger partial charge in [0.1, 0.15) is 18.4 Å². The van der Waals surface area contributed by atoms with Crippen molar-refractivity contribution in [3.8, 4) is 5.75 Å². The minimum absolute atomic E-state index is 0.104. The van der Waals surface area contributed by atoms with Gasteiger partial charge in [-0.2, -0.15) is 0 Å². The van der Waals surface area contributed by atoms with Crippen molar-refractivity contribution >= 4 is 11.8 Å². The van der Waals surface area contributed by atoms with Crippen LogP contribution in [0.5, 0.6) is 5.75 Å². The monoisotopic (exact) mass is 382 g/mol. The number of benzene rings is 2. The predicted molar refractivity (Wildman–Crippen MR) is 105 cm³/mol. The number of ether oxygens (including phenoxy) is 1. The molecular formula is C22H26N2O4. The third-order valence-electron chi connectivity index (χ3n) is 5.51. The standard InChI is InChI=1S/C22H26N2O4/c1-16(20(25)23-27)24-14-6-13-22(2,21(24)26)18-9-11-19(12-10-18)28-15-17-7-4-3-5-8-17/h3-5,7-12,16,27H,6,13-15H2,1-2H3,(H,23,25). The molecular weight excluding hydrogens is 356 g/mol. The SMILES string of the molecule is CC(C(=O)NO)N1CCCC(C)(c2ccc(OCc3ccccc3)cc2)C1=O. The maximum absolute atomic E-state index is 13.1. The Hall–Kier alpha value is -2.86. The highest BCUT2D eigenvalue weighted by atomic mass is 16.5. The van der Waals surface area contributed by atoms with Crippen molar-refractivity contribution in [1.29, 1.82) is 0 Å². The van der Waals surface area contributed by atoms with E-state index in [1.165, 1.54) is 4.90 Å². The lowest BCUT2D eigenvalue weighted by Crippen LogP contribution is -2.56. The van der Waals surface area contributed by atoms with E-state index < -0.39 is 17.4 Å². The van der Waals surface area contributed by atoms with Crippen LogP contribution in [0, 0.1) is 0 Å². The Balaban J connectivity index is 1.72. The summed E-state index contributed by atoms with van der Waals surface area (Å²) in [5.41, 5.74) is 2.91. The van der Waals surface area contributed by atoms with Crippen LogP contribution < -0.4 is 10.2 Å². The molecule has 0 aliphatic carbocycles. The van der Waals surface area contributed by atoms with E-state index in [2.05, 4.69) is 0 Å². The van der Waals surface area contributed by atoms with Gasteiger partial charge in [0.15, 0.2) is 0 Å². The molecule has 2 N–H and O–H groups in total. The van der Waals surface area contributed by atoms with Crippen molar-refractivity contribution in [2.45, 2.75) is 44.8 Å². The Bertz CT molecular complexity index is 822. The zero-order valence-electron chi connectivity index (χ0n) is 16.2. The molecule has 148 valence electrons. The Morgan fingerprint density at radius 3 is 2.54 bits per heavy atom. The van der Waals surface area contributed by atoms with Gasteiger partial charge in [-0.05, 0) is 49.9 Å². The highest BCUT2D eigenvalue weighted by Crippen LogP contribution is 2.36. The third kappa shape index (κ3) is 4.02. The molecule has 2 amide bonds. The van der Waals surface area contributed by atoms with Gasteiger partial charge in [0.2, 0.25) is 5.91 Å². The second kappa shape index (κ2) is 8.44. The quantitative estimate of drug-likeness (QED) is 0.595. The molecule has 3 rings (SSSR count). The number of rotatable bonds is 6. The lowest BCUT2D eigenvalue weighted by Gasteiger charge is -2.42. The van der Waals surface area contributed by atoms with E-state index in [-0.39, 0.29) is 5.91 Å². The maximum Gasteiger partial charge on any atom is 0.265 e. The molecule has 0 spiro atoms. The molecule has 0 saturated carbocycles. The van der Waals surface area contributed by atoms with Gasteiger partial charge < -0.3 is 9.64 Å². The van der Waals surface area contributed by atoms with Crippen LogP contribution >= 0.6 is 0 Å². The molecule has 1 saturated heterocycles. The molecule has 0 bridgehead atoms. The van der Waals surface area contributed by atoms with Crippen molar-refractivity contribution in [1.82, 2.24) is 10.4 Å². The van der Waals surface area contributed by atoms with Crippen LogP contribution in [0.1, 0.15) is 37.8 Å². The minimum Gasteiger partial charge on any atom is -0.489 e. The molecule has 1 aliphatic rings. The molecule has 0 aromatic heterocycles. The predicted octanol–water partition coefficient (Wildman–Crippen LogP) is 3.04. The van der Waals surface area contributed by atoms with E-state index in [0.717, 1.165) is 23.3 Å². The first kappa shape index (κ1) is 19.9. The first-order chi connectivity index (χ1) is 13.5. The fourth-order valence-corrected chi connectivity index (χ4v) is 3.66. The zero-order chi connectivity index (χ0) is 20.1. The van der Waals surface area contributed by atoms with Crippen molar-refractivity contribution in [3.63, 3.8) is 0 Å². The van der Waals surface area contributed by atoms with Crippen LogP contribution in [-0.4, -0.2) is 34.5 Å². The van der Waals surface area contributed by atoms with Crippen LogP contribution in [0.25, 0.3) is 0 Å². The van der Waals surface area contributed by atoms with Gasteiger partial charge >= 0.3 is 0 Å². The summed E-state index contributed by atoms with van der Waals surface area (Å²) in [6.45, 7) is 4.51. The summed E-state index contributed by atoms with van der Waals surface area (Å²) in [6, 6.07) is 16.8. The van der Waals surface area contributed by atoms with Crippen molar-refractivity contribution in [2.75, 3.05) is 6.54 Å². The highest BCUT2D eigenvalue weighted by Gasteiger charge is 2.43. The van der Waals surface area contributed by atoms with E-state index in [0.29, 0.717) is 19.6 Å². The van der Waals surface area contributed by atoms with Crippen LogP contribution in [0.3, 0.4) is 0 Å². The first-order valence-corrected chi connectivity index (χ1v) is 9.48. The maximum atomic E-state index is 13.1. The molecule has 1 heterocycles. The Kier molecular flexibility index (Phi) is 5.99. The fourth-order valence-electron chi connectivity index (χ4n) is 3.66. The Morgan fingerprint density at radius 2 is 1.89 bits per heavy atom. The average Bonchev–Trinajstić information content (AvgIpc) is 2.74.